The maximum Gasteiger partial charge on any atom is 0.118 e. The van der Waals surface area contributed by atoms with Crippen LogP contribution in [-0.4, -0.2) is 13.2 Å². The summed E-state index contributed by atoms with van der Waals surface area (Å²) in [5.74, 6) is 0.896. The minimum absolute atomic E-state index is 0.186. The van der Waals surface area contributed by atoms with Crippen LogP contribution in [0.5, 0.6) is 5.75 Å². The Morgan fingerprint density at radius 3 is 2.50 bits per heavy atom. The molecule has 3 heteroatoms. The van der Waals surface area contributed by atoms with Crippen LogP contribution >= 0.6 is 15.9 Å². The van der Waals surface area contributed by atoms with Gasteiger partial charge in [-0.2, -0.15) is 0 Å². The molecule has 0 saturated heterocycles. The van der Waals surface area contributed by atoms with E-state index in [1.807, 2.05) is 18.2 Å². The minimum Gasteiger partial charge on any atom is -0.497 e. The molecule has 2 aromatic rings. The summed E-state index contributed by atoms with van der Waals surface area (Å²) in [6.07, 6.45) is 2.90. The van der Waals surface area contributed by atoms with E-state index >= 15 is 0 Å². The largest absolute Gasteiger partial charge is 0.497 e. The Kier molecular flexibility index (Phi) is 5.62. The zero-order valence-corrected chi connectivity index (χ0v) is 13.3. The molecule has 0 aliphatic carbocycles. The van der Waals surface area contributed by atoms with Gasteiger partial charge in [0.2, 0.25) is 0 Å². The molecule has 2 aromatic carbocycles. The molecule has 0 fully saturated rings. The quantitative estimate of drug-likeness (QED) is 0.868. The summed E-state index contributed by atoms with van der Waals surface area (Å²) in [7, 11) is 1.68. The van der Waals surface area contributed by atoms with Gasteiger partial charge < -0.3 is 10.5 Å². The van der Waals surface area contributed by atoms with Crippen LogP contribution in [-0.2, 0) is 12.8 Å². The summed E-state index contributed by atoms with van der Waals surface area (Å²) in [5, 5.41) is 0. The van der Waals surface area contributed by atoms with Gasteiger partial charge in [0, 0.05) is 10.5 Å². The first kappa shape index (κ1) is 15.1. The van der Waals surface area contributed by atoms with E-state index in [-0.39, 0.29) is 6.04 Å². The van der Waals surface area contributed by atoms with Crippen molar-refractivity contribution in [1.82, 2.24) is 0 Å². The van der Waals surface area contributed by atoms with Gasteiger partial charge in [-0.05, 0) is 54.7 Å². The highest BCUT2D eigenvalue weighted by Gasteiger charge is 2.05. The number of aryl methyl sites for hydroxylation is 1. The number of hydrogen-bond acceptors (Lipinski definition) is 2. The second-order valence-corrected chi connectivity index (χ2v) is 5.90. The molecular formula is C17H20BrNO. The van der Waals surface area contributed by atoms with Crippen molar-refractivity contribution in [2.75, 3.05) is 7.11 Å². The normalized spacial score (nSPS) is 12.2. The number of ether oxygens (including phenoxy) is 1. The molecule has 2 N–H and O–H groups in total. The predicted molar refractivity (Wildman–Crippen MR) is 87.1 cm³/mol. The standard InChI is InChI=1S/C17H20BrNO/c1-20-17-9-6-13(7-10-17)5-8-16(19)12-14-3-2-4-15(18)11-14/h2-4,6-7,9-11,16H,5,8,12,19H2,1H3. The lowest BCUT2D eigenvalue weighted by molar-refractivity contribution is 0.414. The number of nitrogens with two attached hydrogens (primary N) is 1. The van der Waals surface area contributed by atoms with E-state index in [0.29, 0.717) is 0 Å². The van der Waals surface area contributed by atoms with Crippen molar-refractivity contribution >= 4 is 15.9 Å². The molecule has 0 heterocycles. The molecule has 0 saturated carbocycles. The molecule has 106 valence electrons. The van der Waals surface area contributed by atoms with E-state index < -0.39 is 0 Å². The second-order valence-electron chi connectivity index (χ2n) is 4.98. The van der Waals surface area contributed by atoms with Crippen molar-refractivity contribution in [3.63, 3.8) is 0 Å². The van der Waals surface area contributed by atoms with Crippen LogP contribution in [0, 0.1) is 0 Å². The fourth-order valence-electron chi connectivity index (χ4n) is 2.21. The molecule has 1 unspecified atom stereocenters. The first-order valence-corrected chi connectivity index (χ1v) is 7.59. The Labute approximate surface area is 129 Å². The van der Waals surface area contributed by atoms with Crippen LogP contribution in [0.4, 0.5) is 0 Å². The highest BCUT2D eigenvalue weighted by atomic mass is 79.9. The minimum atomic E-state index is 0.186. The van der Waals surface area contributed by atoms with Crippen molar-refractivity contribution < 1.29 is 4.74 Å². The number of benzene rings is 2. The third-order valence-electron chi connectivity index (χ3n) is 3.35. The zero-order valence-electron chi connectivity index (χ0n) is 11.7. The van der Waals surface area contributed by atoms with Gasteiger partial charge in [0.25, 0.3) is 0 Å². The molecule has 0 aliphatic heterocycles. The third-order valence-corrected chi connectivity index (χ3v) is 3.84. The first-order valence-electron chi connectivity index (χ1n) is 6.80. The Morgan fingerprint density at radius 1 is 1.10 bits per heavy atom. The number of halogens is 1. The maximum atomic E-state index is 6.22. The van der Waals surface area contributed by atoms with E-state index in [2.05, 4.69) is 46.3 Å². The lowest BCUT2D eigenvalue weighted by atomic mass is 10.00. The average molecular weight is 334 g/mol. The van der Waals surface area contributed by atoms with Crippen molar-refractivity contribution in [3.8, 4) is 5.75 Å². The molecule has 1 atom stereocenters. The smallest absolute Gasteiger partial charge is 0.118 e. The molecule has 0 amide bonds. The monoisotopic (exact) mass is 333 g/mol. The Bertz CT molecular complexity index is 539. The van der Waals surface area contributed by atoms with E-state index in [9.17, 15) is 0 Å². The van der Waals surface area contributed by atoms with Crippen LogP contribution in [0.15, 0.2) is 53.0 Å². The summed E-state index contributed by atoms with van der Waals surface area (Å²) in [6.45, 7) is 0. The third kappa shape index (κ3) is 4.66. The molecule has 0 spiro atoms. The summed E-state index contributed by atoms with van der Waals surface area (Å²) in [5.41, 5.74) is 8.80. The molecule has 20 heavy (non-hydrogen) atoms. The van der Waals surface area contributed by atoms with E-state index in [1.54, 1.807) is 7.11 Å². The molecule has 0 aromatic heterocycles. The van der Waals surface area contributed by atoms with E-state index in [1.165, 1.54) is 11.1 Å². The van der Waals surface area contributed by atoms with E-state index in [0.717, 1.165) is 29.5 Å². The van der Waals surface area contributed by atoms with Gasteiger partial charge in [0.1, 0.15) is 5.75 Å². The van der Waals surface area contributed by atoms with Gasteiger partial charge in [-0.15, -0.1) is 0 Å². The molecule has 0 radical (unpaired) electrons. The lowest BCUT2D eigenvalue weighted by Gasteiger charge is -2.12. The van der Waals surface area contributed by atoms with Crippen LogP contribution in [0.1, 0.15) is 17.5 Å². The molecule has 0 bridgehead atoms. The van der Waals surface area contributed by atoms with Gasteiger partial charge in [-0.1, -0.05) is 40.2 Å². The Morgan fingerprint density at radius 2 is 1.85 bits per heavy atom. The topological polar surface area (TPSA) is 35.2 Å². The Balaban J connectivity index is 1.83. The van der Waals surface area contributed by atoms with Crippen LogP contribution < -0.4 is 10.5 Å². The number of hydrogen-bond donors (Lipinski definition) is 1. The van der Waals surface area contributed by atoms with Gasteiger partial charge in [0.05, 0.1) is 7.11 Å². The van der Waals surface area contributed by atoms with E-state index in [4.69, 9.17) is 10.5 Å². The first-order chi connectivity index (χ1) is 9.67. The summed E-state index contributed by atoms with van der Waals surface area (Å²) < 4.78 is 6.26. The van der Waals surface area contributed by atoms with Crippen molar-refractivity contribution in [1.29, 1.82) is 0 Å². The van der Waals surface area contributed by atoms with Gasteiger partial charge >= 0.3 is 0 Å². The van der Waals surface area contributed by atoms with Gasteiger partial charge in [-0.25, -0.2) is 0 Å². The Hall–Kier alpha value is -1.32. The molecular weight excluding hydrogens is 314 g/mol. The average Bonchev–Trinajstić information content (AvgIpc) is 2.46. The fraction of sp³-hybridized carbons (Fsp3) is 0.294. The molecule has 2 rings (SSSR count). The summed E-state index contributed by atoms with van der Waals surface area (Å²) in [6, 6.07) is 16.7. The van der Waals surface area contributed by atoms with Crippen molar-refractivity contribution in [2.45, 2.75) is 25.3 Å². The summed E-state index contributed by atoms with van der Waals surface area (Å²) >= 11 is 3.49. The number of rotatable bonds is 6. The number of methoxy groups -OCH3 is 1. The lowest BCUT2D eigenvalue weighted by Crippen LogP contribution is -2.23. The second kappa shape index (κ2) is 7.46. The zero-order chi connectivity index (χ0) is 14.4. The van der Waals surface area contributed by atoms with Gasteiger partial charge in [0.15, 0.2) is 0 Å². The van der Waals surface area contributed by atoms with Crippen LogP contribution in [0.25, 0.3) is 0 Å². The molecule has 2 nitrogen and oxygen atoms in total. The highest BCUT2D eigenvalue weighted by Crippen LogP contribution is 2.16. The van der Waals surface area contributed by atoms with Crippen molar-refractivity contribution in [3.05, 3.63) is 64.1 Å². The maximum absolute atomic E-state index is 6.22. The van der Waals surface area contributed by atoms with Crippen molar-refractivity contribution in [2.24, 2.45) is 5.73 Å². The molecule has 0 aliphatic rings. The predicted octanol–water partition coefficient (Wildman–Crippen LogP) is 3.96. The fourth-order valence-corrected chi connectivity index (χ4v) is 2.66. The highest BCUT2D eigenvalue weighted by molar-refractivity contribution is 9.10. The van der Waals surface area contributed by atoms with Crippen LogP contribution in [0.3, 0.4) is 0 Å². The van der Waals surface area contributed by atoms with Gasteiger partial charge in [-0.3, -0.25) is 0 Å². The summed E-state index contributed by atoms with van der Waals surface area (Å²) in [4.78, 5) is 0. The SMILES string of the molecule is COc1ccc(CCC(N)Cc2cccc(Br)c2)cc1. The van der Waals surface area contributed by atoms with Crippen LogP contribution in [0.2, 0.25) is 0 Å².